The van der Waals surface area contributed by atoms with Gasteiger partial charge >= 0.3 is 0 Å². The average Bonchev–Trinajstić information content (AvgIpc) is 2.86. The van der Waals surface area contributed by atoms with Crippen LogP contribution in [0.3, 0.4) is 0 Å². The Kier molecular flexibility index (Phi) is 6.08. The van der Waals surface area contributed by atoms with Crippen molar-refractivity contribution in [3.8, 4) is 0 Å². The Balaban J connectivity index is 2.30. The molecule has 2 unspecified atom stereocenters. The third-order valence-electron chi connectivity index (χ3n) is 3.74. The van der Waals surface area contributed by atoms with Crippen LogP contribution in [0.2, 0.25) is 0 Å². The van der Waals surface area contributed by atoms with E-state index in [2.05, 4.69) is 39.9 Å². The van der Waals surface area contributed by atoms with Crippen LogP contribution in [0.15, 0.2) is 22.8 Å². The molecule has 19 heavy (non-hydrogen) atoms. The summed E-state index contributed by atoms with van der Waals surface area (Å²) in [4.78, 5) is 0. The van der Waals surface area contributed by atoms with E-state index in [1.165, 1.54) is 0 Å². The third kappa shape index (κ3) is 5.37. The minimum atomic E-state index is -0.280. The van der Waals surface area contributed by atoms with Crippen LogP contribution in [-0.4, -0.2) is 23.8 Å². The average molecular weight is 267 g/mol. The predicted molar refractivity (Wildman–Crippen MR) is 79.1 cm³/mol. The van der Waals surface area contributed by atoms with Crippen molar-refractivity contribution in [2.45, 2.75) is 59.6 Å². The lowest BCUT2D eigenvalue weighted by atomic mass is 9.80. The first-order valence-corrected chi connectivity index (χ1v) is 7.27. The van der Waals surface area contributed by atoms with Crippen molar-refractivity contribution in [2.75, 3.05) is 6.54 Å². The summed E-state index contributed by atoms with van der Waals surface area (Å²) in [6.45, 7) is 11.4. The molecule has 0 aromatic carbocycles. The molecule has 1 heterocycles. The Morgan fingerprint density at radius 3 is 2.53 bits per heavy atom. The van der Waals surface area contributed by atoms with Gasteiger partial charge in [0.15, 0.2) is 0 Å². The molecule has 0 radical (unpaired) electrons. The summed E-state index contributed by atoms with van der Waals surface area (Å²) in [5.41, 5.74) is -0.104. The summed E-state index contributed by atoms with van der Waals surface area (Å²) in [6, 6.07) is 4.36. The molecule has 0 bridgehead atoms. The van der Waals surface area contributed by atoms with Gasteiger partial charge in [0.1, 0.15) is 5.76 Å². The van der Waals surface area contributed by atoms with Crippen LogP contribution in [0.5, 0.6) is 0 Å². The number of aliphatic hydroxyl groups excluding tert-OH is 1. The van der Waals surface area contributed by atoms with Crippen LogP contribution in [0, 0.1) is 11.3 Å². The van der Waals surface area contributed by atoms with Gasteiger partial charge in [-0.2, -0.15) is 0 Å². The van der Waals surface area contributed by atoms with E-state index in [0.717, 1.165) is 25.1 Å². The van der Waals surface area contributed by atoms with Gasteiger partial charge in [0, 0.05) is 24.4 Å². The minimum Gasteiger partial charge on any atom is -0.469 e. The van der Waals surface area contributed by atoms with E-state index in [0.29, 0.717) is 6.04 Å². The largest absolute Gasteiger partial charge is 0.469 e. The lowest BCUT2D eigenvalue weighted by Crippen LogP contribution is -2.44. The van der Waals surface area contributed by atoms with Crippen molar-refractivity contribution in [3.05, 3.63) is 24.2 Å². The Morgan fingerprint density at radius 1 is 1.32 bits per heavy atom. The highest BCUT2D eigenvalue weighted by Gasteiger charge is 2.30. The highest BCUT2D eigenvalue weighted by atomic mass is 16.3. The van der Waals surface area contributed by atoms with Gasteiger partial charge in [-0.1, -0.05) is 27.7 Å². The van der Waals surface area contributed by atoms with Gasteiger partial charge in [0.2, 0.25) is 0 Å². The number of rotatable bonds is 8. The Hall–Kier alpha value is -0.800. The van der Waals surface area contributed by atoms with E-state index in [4.69, 9.17) is 4.42 Å². The highest BCUT2D eigenvalue weighted by Crippen LogP contribution is 2.25. The van der Waals surface area contributed by atoms with Crippen molar-refractivity contribution in [1.82, 2.24) is 5.32 Å². The molecule has 1 aromatic heterocycles. The molecule has 0 spiro atoms. The number of aliphatic hydroxyl groups is 1. The van der Waals surface area contributed by atoms with E-state index in [1.807, 2.05) is 12.1 Å². The number of hydrogen-bond donors (Lipinski definition) is 2. The minimum absolute atomic E-state index is 0.104. The van der Waals surface area contributed by atoms with Gasteiger partial charge in [-0.25, -0.2) is 0 Å². The van der Waals surface area contributed by atoms with Crippen LogP contribution >= 0.6 is 0 Å². The van der Waals surface area contributed by atoms with Crippen molar-refractivity contribution < 1.29 is 9.52 Å². The number of nitrogens with one attached hydrogen (secondary N) is 1. The van der Waals surface area contributed by atoms with Crippen LogP contribution in [-0.2, 0) is 6.42 Å². The predicted octanol–water partition coefficient (Wildman–Crippen LogP) is 3.23. The third-order valence-corrected chi connectivity index (χ3v) is 3.74. The summed E-state index contributed by atoms with van der Waals surface area (Å²) in [5.74, 6) is 1.32. The quantitative estimate of drug-likeness (QED) is 0.760. The summed E-state index contributed by atoms with van der Waals surface area (Å²) in [6.07, 6.45) is 3.43. The number of furan rings is 1. The molecule has 0 aliphatic rings. The fourth-order valence-electron chi connectivity index (χ4n) is 2.36. The van der Waals surface area contributed by atoms with Gasteiger partial charge < -0.3 is 14.8 Å². The zero-order chi connectivity index (χ0) is 14.5. The van der Waals surface area contributed by atoms with Crippen molar-refractivity contribution >= 4 is 0 Å². The van der Waals surface area contributed by atoms with Gasteiger partial charge in [-0.3, -0.25) is 0 Å². The van der Waals surface area contributed by atoms with Crippen molar-refractivity contribution in [2.24, 2.45) is 11.3 Å². The molecule has 3 nitrogen and oxygen atoms in total. The molecule has 1 rings (SSSR count). The fourth-order valence-corrected chi connectivity index (χ4v) is 2.36. The van der Waals surface area contributed by atoms with E-state index in [-0.39, 0.29) is 17.4 Å². The molecule has 0 saturated carbocycles. The zero-order valence-electron chi connectivity index (χ0n) is 12.9. The van der Waals surface area contributed by atoms with Gasteiger partial charge in [-0.05, 0) is 31.4 Å². The van der Waals surface area contributed by atoms with Crippen molar-refractivity contribution in [3.63, 3.8) is 0 Å². The van der Waals surface area contributed by atoms with Crippen LogP contribution < -0.4 is 5.32 Å². The summed E-state index contributed by atoms with van der Waals surface area (Å²) >= 11 is 0. The standard InChI is InChI=1S/C16H29NO2/c1-12(2)15(18)16(4,5)11-17-13(3)8-9-14-7-6-10-19-14/h6-7,10,12-13,15,17-18H,8-9,11H2,1-5H3. The van der Waals surface area contributed by atoms with E-state index in [1.54, 1.807) is 6.26 Å². The molecule has 1 aromatic rings. The van der Waals surface area contributed by atoms with Gasteiger partial charge in [0.05, 0.1) is 12.4 Å². The molecule has 2 N–H and O–H groups in total. The Morgan fingerprint density at radius 2 is 2.00 bits per heavy atom. The molecule has 3 heteroatoms. The van der Waals surface area contributed by atoms with E-state index >= 15 is 0 Å². The van der Waals surface area contributed by atoms with Crippen LogP contribution in [0.25, 0.3) is 0 Å². The summed E-state index contributed by atoms with van der Waals surface area (Å²) in [5, 5.41) is 13.7. The maximum absolute atomic E-state index is 10.2. The highest BCUT2D eigenvalue weighted by molar-refractivity contribution is 4.98. The monoisotopic (exact) mass is 267 g/mol. The Labute approximate surface area is 117 Å². The molecule has 0 fully saturated rings. The normalized spacial score (nSPS) is 15.7. The molecule has 0 saturated heterocycles. The van der Waals surface area contributed by atoms with Crippen LogP contribution in [0.4, 0.5) is 0 Å². The molecular weight excluding hydrogens is 238 g/mol. The Bertz CT molecular complexity index is 344. The lowest BCUT2D eigenvalue weighted by molar-refractivity contribution is 0.0123. The van der Waals surface area contributed by atoms with E-state index < -0.39 is 0 Å². The second-order valence-corrected chi connectivity index (χ2v) is 6.58. The fraction of sp³-hybridized carbons (Fsp3) is 0.750. The first-order valence-electron chi connectivity index (χ1n) is 7.27. The van der Waals surface area contributed by atoms with Crippen LogP contribution in [0.1, 0.15) is 46.8 Å². The summed E-state index contributed by atoms with van der Waals surface area (Å²) < 4.78 is 5.33. The molecule has 2 atom stereocenters. The topological polar surface area (TPSA) is 45.4 Å². The second-order valence-electron chi connectivity index (χ2n) is 6.58. The van der Waals surface area contributed by atoms with Crippen molar-refractivity contribution in [1.29, 1.82) is 0 Å². The maximum Gasteiger partial charge on any atom is 0.103 e. The first-order chi connectivity index (χ1) is 8.83. The molecule has 0 aliphatic heterocycles. The smallest absolute Gasteiger partial charge is 0.103 e. The number of hydrogen-bond acceptors (Lipinski definition) is 3. The molecule has 0 aliphatic carbocycles. The SMILES string of the molecule is CC(CCc1ccco1)NCC(C)(C)C(O)C(C)C. The lowest BCUT2D eigenvalue weighted by Gasteiger charge is -2.34. The van der Waals surface area contributed by atoms with E-state index in [9.17, 15) is 5.11 Å². The molecule has 110 valence electrons. The van der Waals surface area contributed by atoms with Gasteiger partial charge in [-0.15, -0.1) is 0 Å². The zero-order valence-corrected chi connectivity index (χ0v) is 12.9. The second kappa shape index (κ2) is 7.11. The first kappa shape index (κ1) is 16.3. The molecule has 0 amide bonds. The number of aryl methyl sites for hydroxylation is 1. The van der Waals surface area contributed by atoms with Gasteiger partial charge in [0.25, 0.3) is 0 Å². The molecular formula is C16H29NO2. The maximum atomic E-state index is 10.2. The summed E-state index contributed by atoms with van der Waals surface area (Å²) in [7, 11) is 0.